The van der Waals surface area contributed by atoms with Gasteiger partial charge in [-0.15, -0.1) is 10.2 Å². The van der Waals surface area contributed by atoms with Gasteiger partial charge < -0.3 is 24.3 Å². The lowest BCUT2D eigenvalue weighted by Gasteiger charge is -2.33. The zero-order chi connectivity index (χ0) is 17.1. The van der Waals surface area contributed by atoms with Crippen LogP contribution in [0.25, 0.3) is 0 Å². The Morgan fingerprint density at radius 2 is 2.25 bits per heavy atom. The standard InChI is InChI=1S/C16H27N5O3/c1-11(2)14-12(4-6-24-14)8-17-16(22)21-5-7-23-13(9-21)15-19-18-10-20(15)3/h10-14H,4-9H2,1-3H3,(H,17,22). The Morgan fingerprint density at radius 3 is 2.96 bits per heavy atom. The van der Waals surface area contributed by atoms with E-state index in [1.807, 2.05) is 11.6 Å². The summed E-state index contributed by atoms with van der Waals surface area (Å²) in [5.41, 5.74) is 0. The molecule has 0 bridgehead atoms. The van der Waals surface area contributed by atoms with E-state index >= 15 is 0 Å². The normalized spacial score (nSPS) is 27.7. The number of carbonyl (C=O) groups excluding carboxylic acids is 1. The van der Waals surface area contributed by atoms with Crippen molar-refractivity contribution in [2.45, 2.75) is 32.5 Å². The van der Waals surface area contributed by atoms with Crippen LogP contribution in [0.1, 0.15) is 32.2 Å². The monoisotopic (exact) mass is 337 g/mol. The Hall–Kier alpha value is -1.67. The Labute approximate surface area is 142 Å². The van der Waals surface area contributed by atoms with Crippen molar-refractivity contribution >= 4 is 6.03 Å². The summed E-state index contributed by atoms with van der Waals surface area (Å²) in [6.07, 6.45) is 2.66. The molecule has 3 unspecified atom stereocenters. The summed E-state index contributed by atoms with van der Waals surface area (Å²) in [6, 6.07) is -0.0418. The Bertz CT molecular complexity index is 562. The van der Waals surface area contributed by atoms with Gasteiger partial charge in [0.1, 0.15) is 12.4 Å². The first-order chi connectivity index (χ1) is 11.6. The van der Waals surface area contributed by atoms with Crippen LogP contribution in [0.2, 0.25) is 0 Å². The second-order valence-electron chi connectivity index (χ2n) is 6.92. The van der Waals surface area contributed by atoms with Gasteiger partial charge in [0.15, 0.2) is 5.82 Å². The molecule has 24 heavy (non-hydrogen) atoms. The summed E-state index contributed by atoms with van der Waals surface area (Å²) in [6.45, 7) is 7.37. The van der Waals surface area contributed by atoms with Crippen LogP contribution in [0.4, 0.5) is 4.79 Å². The molecule has 0 radical (unpaired) electrons. The topological polar surface area (TPSA) is 81.5 Å². The zero-order valence-corrected chi connectivity index (χ0v) is 14.6. The predicted octanol–water partition coefficient (Wildman–Crippen LogP) is 0.959. The molecule has 0 spiro atoms. The summed E-state index contributed by atoms with van der Waals surface area (Å²) < 4.78 is 13.4. The number of amides is 2. The van der Waals surface area contributed by atoms with E-state index in [9.17, 15) is 4.79 Å². The van der Waals surface area contributed by atoms with Crippen molar-refractivity contribution in [1.29, 1.82) is 0 Å². The van der Waals surface area contributed by atoms with E-state index in [-0.39, 0.29) is 18.2 Å². The van der Waals surface area contributed by atoms with Crippen molar-refractivity contribution in [2.24, 2.45) is 18.9 Å². The smallest absolute Gasteiger partial charge is 0.317 e. The lowest BCUT2D eigenvalue weighted by Crippen LogP contribution is -2.49. The number of ether oxygens (including phenoxy) is 2. The highest BCUT2D eigenvalue weighted by Gasteiger charge is 2.32. The molecule has 1 aromatic heterocycles. The quantitative estimate of drug-likeness (QED) is 0.885. The predicted molar refractivity (Wildman–Crippen MR) is 87.4 cm³/mol. The second-order valence-corrected chi connectivity index (χ2v) is 6.92. The molecule has 2 amide bonds. The van der Waals surface area contributed by atoms with Gasteiger partial charge in [-0.1, -0.05) is 13.8 Å². The van der Waals surface area contributed by atoms with E-state index in [4.69, 9.17) is 9.47 Å². The van der Waals surface area contributed by atoms with E-state index in [0.29, 0.717) is 38.1 Å². The molecule has 8 heteroatoms. The highest BCUT2D eigenvalue weighted by atomic mass is 16.5. The third-order valence-corrected chi connectivity index (χ3v) is 4.82. The number of aryl methyl sites for hydroxylation is 1. The molecule has 3 atom stereocenters. The average Bonchev–Trinajstić information content (AvgIpc) is 3.21. The van der Waals surface area contributed by atoms with E-state index in [1.165, 1.54) is 0 Å². The van der Waals surface area contributed by atoms with Gasteiger partial charge in [-0.05, 0) is 12.3 Å². The molecule has 0 aromatic carbocycles. The summed E-state index contributed by atoms with van der Waals surface area (Å²) in [5, 5.41) is 11.0. The van der Waals surface area contributed by atoms with E-state index in [2.05, 4.69) is 29.4 Å². The van der Waals surface area contributed by atoms with Crippen molar-refractivity contribution in [3.63, 3.8) is 0 Å². The fourth-order valence-corrected chi connectivity index (χ4v) is 3.51. The largest absolute Gasteiger partial charge is 0.378 e. The lowest BCUT2D eigenvalue weighted by molar-refractivity contribution is -0.0217. The first-order valence-electron chi connectivity index (χ1n) is 8.66. The SMILES string of the molecule is CC(C)C1OCCC1CNC(=O)N1CCOC(c2nncn2C)C1. The molecule has 0 saturated carbocycles. The Kier molecular flexibility index (Phi) is 5.35. The van der Waals surface area contributed by atoms with Crippen molar-refractivity contribution < 1.29 is 14.3 Å². The number of morpholine rings is 1. The molecular weight excluding hydrogens is 310 g/mol. The Balaban J connectivity index is 1.52. The van der Waals surface area contributed by atoms with Crippen LogP contribution in [0, 0.1) is 11.8 Å². The molecule has 134 valence electrons. The molecule has 0 aliphatic carbocycles. The highest BCUT2D eigenvalue weighted by molar-refractivity contribution is 5.74. The number of hydrogen-bond acceptors (Lipinski definition) is 5. The number of urea groups is 1. The van der Waals surface area contributed by atoms with Crippen LogP contribution in [-0.4, -0.2) is 64.6 Å². The van der Waals surface area contributed by atoms with E-state index in [1.54, 1.807) is 11.2 Å². The summed E-state index contributed by atoms with van der Waals surface area (Å²) >= 11 is 0. The first-order valence-corrected chi connectivity index (χ1v) is 8.66. The number of aromatic nitrogens is 3. The maximum atomic E-state index is 12.5. The summed E-state index contributed by atoms with van der Waals surface area (Å²) in [4.78, 5) is 14.3. The highest BCUT2D eigenvalue weighted by Crippen LogP contribution is 2.26. The van der Waals surface area contributed by atoms with Gasteiger partial charge in [0, 0.05) is 32.7 Å². The lowest BCUT2D eigenvalue weighted by atomic mass is 9.93. The van der Waals surface area contributed by atoms with Gasteiger partial charge >= 0.3 is 6.03 Å². The van der Waals surface area contributed by atoms with Crippen LogP contribution in [0.3, 0.4) is 0 Å². The molecule has 2 aliphatic heterocycles. The van der Waals surface area contributed by atoms with Crippen LogP contribution in [0.5, 0.6) is 0 Å². The maximum Gasteiger partial charge on any atom is 0.317 e. The van der Waals surface area contributed by atoms with Gasteiger partial charge in [0.05, 0.1) is 19.3 Å². The molecular formula is C16H27N5O3. The minimum absolute atomic E-state index is 0.0418. The zero-order valence-electron chi connectivity index (χ0n) is 14.6. The fourth-order valence-electron chi connectivity index (χ4n) is 3.51. The molecule has 2 fully saturated rings. The van der Waals surface area contributed by atoms with E-state index < -0.39 is 0 Å². The molecule has 1 N–H and O–H groups in total. The maximum absolute atomic E-state index is 12.5. The van der Waals surface area contributed by atoms with Crippen molar-refractivity contribution in [1.82, 2.24) is 25.0 Å². The first kappa shape index (κ1) is 17.2. The molecule has 2 aliphatic rings. The average molecular weight is 337 g/mol. The minimum atomic E-state index is -0.227. The van der Waals surface area contributed by atoms with Crippen molar-refractivity contribution in [3.05, 3.63) is 12.2 Å². The van der Waals surface area contributed by atoms with Crippen LogP contribution < -0.4 is 5.32 Å². The van der Waals surface area contributed by atoms with Crippen LogP contribution in [-0.2, 0) is 16.5 Å². The van der Waals surface area contributed by atoms with Crippen LogP contribution in [0.15, 0.2) is 6.33 Å². The fraction of sp³-hybridized carbons (Fsp3) is 0.812. The van der Waals surface area contributed by atoms with Gasteiger partial charge in [-0.2, -0.15) is 0 Å². The number of hydrogen-bond donors (Lipinski definition) is 1. The van der Waals surface area contributed by atoms with Gasteiger partial charge in [0.2, 0.25) is 0 Å². The number of rotatable bonds is 4. The molecule has 3 heterocycles. The second kappa shape index (κ2) is 7.48. The third kappa shape index (κ3) is 3.70. The molecule has 1 aromatic rings. The minimum Gasteiger partial charge on any atom is -0.378 e. The van der Waals surface area contributed by atoms with Crippen molar-refractivity contribution in [2.75, 3.05) is 32.8 Å². The van der Waals surface area contributed by atoms with Gasteiger partial charge in [-0.3, -0.25) is 0 Å². The number of nitrogens with one attached hydrogen (secondary N) is 1. The molecule has 3 rings (SSSR count). The third-order valence-electron chi connectivity index (χ3n) is 4.82. The number of carbonyl (C=O) groups is 1. The van der Waals surface area contributed by atoms with Gasteiger partial charge in [-0.25, -0.2) is 4.79 Å². The van der Waals surface area contributed by atoms with Gasteiger partial charge in [0.25, 0.3) is 0 Å². The Morgan fingerprint density at radius 1 is 1.42 bits per heavy atom. The molecule has 8 nitrogen and oxygen atoms in total. The summed E-state index contributed by atoms with van der Waals surface area (Å²) in [5.74, 6) is 1.61. The molecule has 2 saturated heterocycles. The summed E-state index contributed by atoms with van der Waals surface area (Å²) in [7, 11) is 1.88. The number of nitrogens with zero attached hydrogens (tertiary/aromatic N) is 4. The van der Waals surface area contributed by atoms with Crippen LogP contribution >= 0.6 is 0 Å². The van der Waals surface area contributed by atoms with Crippen molar-refractivity contribution in [3.8, 4) is 0 Å². The van der Waals surface area contributed by atoms with E-state index in [0.717, 1.165) is 18.9 Å².